The molecule has 2 aliphatic heterocycles. The fourth-order valence-electron chi connectivity index (χ4n) is 8.49. The largest absolute Gasteiger partial charge is 0.456 e. The van der Waals surface area contributed by atoms with Crippen molar-refractivity contribution < 1.29 is 9.15 Å². The van der Waals surface area contributed by atoms with Crippen LogP contribution in [0.25, 0.3) is 76.9 Å². The van der Waals surface area contributed by atoms with E-state index in [1.54, 1.807) is 0 Å². The summed E-state index contributed by atoms with van der Waals surface area (Å²) in [4.78, 5) is 5.49. The Hall–Kier alpha value is -6.79. The van der Waals surface area contributed by atoms with Gasteiger partial charge in [0.1, 0.15) is 22.7 Å². The van der Waals surface area contributed by atoms with Crippen molar-refractivity contribution in [2.45, 2.75) is 6.04 Å². The maximum absolute atomic E-state index is 6.45. The van der Waals surface area contributed by atoms with Gasteiger partial charge in [-0.25, -0.2) is 4.99 Å². The highest BCUT2D eigenvalue weighted by atomic mass is 16.5. The number of fused-ring (bicyclic) bond motifs is 13. The summed E-state index contributed by atoms with van der Waals surface area (Å²) < 4.78 is 17.6. The molecule has 12 rings (SSSR count). The van der Waals surface area contributed by atoms with Gasteiger partial charge in [0, 0.05) is 43.8 Å². The summed E-state index contributed by atoms with van der Waals surface area (Å²) in [5, 5.41) is 10.7. The summed E-state index contributed by atoms with van der Waals surface area (Å²) in [6.07, 6.45) is 6.30. The number of hydrogen-bond donors (Lipinski definition) is 1. The zero-order chi connectivity index (χ0) is 32.5. The van der Waals surface area contributed by atoms with Gasteiger partial charge in [0.05, 0.1) is 39.2 Å². The van der Waals surface area contributed by atoms with Crippen molar-refractivity contribution in [1.29, 1.82) is 0 Å². The number of ether oxygens (including phenoxy) is 1. The minimum absolute atomic E-state index is 0.0989. The average Bonchev–Trinajstić information content (AvgIpc) is 3.83. The maximum atomic E-state index is 6.45. The predicted molar refractivity (Wildman–Crippen MR) is 202 cm³/mol. The van der Waals surface area contributed by atoms with E-state index in [1.165, 1.54) is 16.2 Å². The van der Waals surface area contributed by atoms with Crippen molar-refractivity contribution in [3.05, 3.63) is 163 Å². The van der Waals surface area contributed by atoms with E-state index in [0.29, 0.717) is 0 Å². The van der Waals surface area contributed by atoms with Crippen molar-refractivity contribution in [3.63, 3.8) is 0 Å². The number of allylic oxidation sites excluding steroid dienone is 2. The van der Waals surface area contributed by atoms with Crippen molar-refractivity contribution in [3.8, 4) is 11.4 Å². The van der Waals surface area contributed by atoms with Gasteiger partial charge >= 0.3 is 0 Å². The highest BCUT2D eigenvalue weighted by Gasteiger charge is 2.35. The molecule has 0 spiro atoms. The molecule has 6 aromatic carbocycles. The molecule has 3 aromatic heterocycles. The molecule has 0 bridgehead atoms. The highest BCUT2D eigenvalue weighted by Crippen LogP contribution is 2.46. The molecular weight excluding hydrogens is 617 g/mol. The van der Waals surface area contributed by atoms with Crippen LogP contribution in [-0.4, -0.2) is 21.1 Å². The summed E-state index contributed by atoms with van der Waals surface area (Å²) in [5.74, 6) is 2.44. The van der Waals surface area contributed by atoms with Crippen LogP contribution >= 0.6 is 0 Å². The number of aliphatic imine (C=N–C) groups is 1. The number of aromatic nitrogens is 2. The van der Waals surface area contributed by atoms with Crippen LogP contribution in [0.2, 0.25) is 0 Å². The smallest absolute Gasteiger partial charge is 0.209 e. The molecule has 0 fully saturated rings. The van der Waals surface area contributed by atoms with E-state index >= 15 is 0 Å². The lowest BCUT2D eigenvalue weighted by molar-refractivity contribution is 0.419. The molecule has 1 aliphatic carbocycles. The van der Waals surface area contributed by atoms with Crippen LogP contribution in [0.5, 0.6) is 5.75 Å². The van der Waals surface area contributed by atoms with Crippen LogP contribution in [0.4, 0.5) is 0 Å². The first-order valence-electron chi connectivity index (χ1n) is 16.9. The second-order valence-electron chi connectivity index (χ2n) is 13.1. The van der Waals surface area contributed by atoms with Crippen molar-refractivity contribution >= 4 is 77.2 Å². The fourth-order valence-corrected chi connectivity index (χ4v) is 8.49. The molecule has 0 saturated carbocycles. The summed E-state index contributed by atoms with van der Waals surface area (Å²) in [7, 11) is 0. The first kappa shape index (κ1) is 26.2. The van der Waals surface area contributed by atoms with E-state index in [-0.39, 0.29) is 6.04 Å². The Morgan fingerprint density at radius 3 is 2.24 bits per heavy atom. The van der Waals surface area contributed by atoms with E-state index < -0.39 is 0 Å². The summed E-state index contributed by atoms with van der Waals surface area (Å²) in [6, 6.07) is 44.7. The minimum atomic E-state index is -0.0989. The Balaban J connectivity index is 1.28. The van der Waals surface area contributed by atoms with Gasteiger partial charge in [0.2, 0.25) is 5.96 Å². The van der Waals surface area contributed by atoms with Gasteiger partial charge in [-0.2, -0.15) is 0 Å². The molecule has 9 aromatic rings. The number of nitrogens with zero attached hydrogens (tertiary/aromatic N) is 3. The second kappa shape index (κ2) is 9.43. The molecule has 1 unspecified atom stereocenters. The number of rotatable bonds is 1. The molecule has 3 aliphatic rings. The normalized spacial score (nSPS) is 16.6. The first-order chi connectivity index (χ1) is 24.8. The topological polar surface area (TPSA) is 56.6 Å². The molecule has 1 N–H and O–H groups in total. The number of nitrogens with one attached hydrogen (secondary N) is 1. The van der Waals surface area contributed by atoms with Crippen LogP contribution in [-0.2, 0) is 0 Å². The number of hydrogen-bond acceptors (Lipinski definition) is 4. The van der Waals surface area contributed by atoms with Crippen LogP contribution in [0, 0.1) is 0 Å². The van der Waals surface area contributed by atoms with Crippen LogP contribution < -0.4 is 10.1 Å². The molecule has 50 heavy (non-hydrogen) atoms. The van der Waals surface area contributed by atoms with Crippen LogP contribution in [0.15, 0.2) is 166 Å². The molecule has 0 saturated heterocycles. The Kier molecular flexibility index (Phi) is 4.94. The van der Waals surface area contributed by atoms with Gasteiger partial charge in [0.25, 0.3) is 0 Å². The van der Waals surface area contributed by atoms with Crippen molar-refractivity contribution in [2.24, 2.45) is 4.99 Å². The van der Waals surface area contributed by atoms with Gasteiger partial charge in [0.15, 0.2) is 0 Å². The SMILES string of the molecule is C1=CC2NC(n3c4ccccc4c4ccc5c6ccc7oc8ccccc8c7c6n(-c6ccccc6)c5c43)=NC3=C2C(=C1)Oc1ccccc13. The molecule has 1 atom stereocenters. The van der Waals surface area contributed by atoms with Gasteiger partial charge < -0.3 is 19.0 Å². The van der Waals surface area contributed by atoms with E-state index in [2.05, 4.69) is 136 Å². The molecule has 0 radical (unpaired) electrons. The van der Waals surface area contributed by atoms with E-state index in [4.69, 9.17) is 14.1 Å². The Labute approximate surface area is 285 Å². The molecular formula is C44H26N4O2. The number of para-hydroxylation sites is 4. The standard InChI is InChI=1S/C44H26N4O2/c1-2-11-25(12-3-1)47-41-28(23-24-37-38(41)30-14-5-8-18-34(30)49-37)29-22-21-27-26-13-4-7-17-33(26)48(43(27)42(29)47)44-45-32-16-10-20-36-39(32)40(46-44)31-15-6-9-19-35(31)50-36/h1-24,32H,(H,45,46). The van der Waals surface area contributed by atoms with Gasteiger partial charge in [-0.15, -0.1) is 0 Å². The van der Waals surface area contributed by atoms with Gasteiger partial charge in [-0.1, -0.05) is 91.0 Å². The summed E-state index contributed by atoms with van der Waals surface area (Å²) >= 11 is 0. The first-order valence-corrected chi connectivity index (χ1v) is 16.9. The third kappa shape index (κ3) is 3.29. The lowest BCUT2D eigenvalue weighted by atomic mass is 9.91. The van der Waals surface area contributed by atoms with Gasteiger partial charge in [-0.05, 0) is 54.6 Å². The van der Waals surface area contributed by atoms with Crippen molar-refractivity contribution in [1.82, 2.24) is 14.5 Å². The highest BCUT2D eigenvalue weighted by molar-refractivity contribution is 6.30. The Morgan fingerprint density at radius 1 is 0.600 bits per heavy atom. The Morgan fingerprint density at radius 2 is 1.32 bits per heavy atom. The summed E-state index contributed by atoms with van der Waals surface area (Å²) in [6.45, 7) is 0. The molecule has 6 heteroatoms. The predicted octanol–water partition coefficient (Wildman–Crippen LogP) is 10.2. The lowest BCUT2D eigenvalue weighted by Crippen LogP contribution is -2.44. The molecule has 6 nitrogen and oxygen atoms in total. The quantitative estimate of drug-likeness (QED) is 0.194. The minimum Gasteiger partial charge on any atom is -0.456 e. The molecule has 0 amide bonds. The second-order valence-corrected chi connectivity index (χ2v) is 13.1. The van der Waals surface area contributed by atoms with Crippen molar-refractivity contribution in [2.75, 3.05) is 0 Å². The zero-order valence-electron chi connectivity index (χ0n) is 26.6. The fraction of sp³-hybridized carbons (Fsp3) is 0.0227. The van der Waals surface area contributed by atoms with Crippen LogP contribution in [0.3, 0.4) is 0 Å². The van der Waals surface area contributed by atoms with E-state index in [1.807, 2.05) is 24.3 Å². The molecule has 234 valence electrons. The summed E-state index contributed by atoms with van der Waals surface area (Å²) in [5.41, 5.74) is 10.3. The lowest BCUT2D eigenvalue weighted by Gasteiger charge is -2.34. The third-order valence-corrected chi connectivity index (χ3v) is 10.5. The number of benzene rings is 6. The Bertz CT molecular complexity index is 3090. The third-order valence-electron chi connectivity index (χ3n) is 10.5. The number of furan rings is 1. The van der Waals surface area contributed by atoms with E-state index in [0.717, 1.165) is 89.4 Å². The van der Waals surface area contributed by atoms with Gasteiger partial charge in [-0.3, -0.25) is 4.57 Å². The molecule has 5 heterocycles. The zero-order valence-corrected chi connectivity index (χ0v) is 26.6. The maximum Gasteiger partial charge on any atom is 0.209 e. The average molecular weight is 643 g/mol. The monoisotopic (exact) mass is 642 g/mol. The van der Waals surface area contributed by atoms with E-state index in [9.17, 15) is 0 Å². The van der Waals surface area contributed by atoms with Crippen LogP contribution in [0.1, 0.15) is 5.56 Å².